The minimum atomic E-state index is -1.41. The first kappa shape index (κ1) is 23.9. The van der Waals surface area contributed by atoms with Gasteiger partial charge < -0.3 is 9.68 Å². The Morgan fingerprint density at radius 2 is 1.84 bits per heavy atom. The lowest BCUT2D eigenvalue weighted by atomic mass is 9.78. The standard InChI is InChI=1S/C24H30BFN2O4/c1-7-19(24(4,5)6)28(23(30)17-11-14(2)10-15(3)12-17)27-22(29)18-9-8-16-13-32-25(31)20(16)21(18)26/h8-12,19,31H,7,13H2,1-6H3,(H,27,29)/t19-/m1/s1. The number of hydrogen-bond donors (Lipinski definition) is 2. The van der Waals surface area contributed by atoms with Crippen LogP contribution in [0, 0.1) is 25.1 Å². The van der Waals surface area contributed by atoms with Crippen LogP contribution in [0.2, 0.25) is 0 Å². The first-order valence-corrected chi connectivity index (χ1v) is 10.8. The third-order valence-corrected chi connectivity index (χ3v) is 5.77. The van der Waals surface area contributed by atoms with E-state index in [0.29, 0.717) is 17.5 Å². The zero-order valence-corrected chi connectivity index (χ0v) is 19.5. The summed E-state index contributed by atoms with van der Waals surface area (Å²) in [6.45, 7) is 11.8. The summed E-state index contributed by atoms with van der Waals surface area (Å²) < 4.78 is 20.1. The van der Waals surface area contributed by atoms with Crippen molar-refractivity contribution in [1.29, 1.82) is 0 Å². The molecule has 0 aliphatic carbocycles. The second-order valence-corrected chi connectivity index (χ2v) is 9.45. The van der Waals surface area contributed by atoms with Gasteiger partial charge in [-0.1, -0.05) is 51.0 Å². The third kappa shape index (κ3) is 4.71. The SMILES string of the molecule is CC[C@@H](N(NC(=O)c1ccc2c(c1F)B(O)OC2)C(=O)c1cc(C)cc(C)c1)C(C)(C)C. The molecule has 6 nitrogen and oxygen atoms in total. The average Bonchev–Trinajstić information content (AvgIpc) is 3.07. The minimum absolute atomic E-state index is 0.0345. The van der Waals surface area contributed by atoms with Crippen molar-refractivity contribution >= 4 is 24.4 Å². The molecule has 2 aromatic carbocycles. The fraction of sp³-hybridized carbons (Fsp3) is 0.417. The Bertz CT molecular complexity index is 1030. The van der Waals surface area contributed by atoms with E-state index in [1.54, 1.807) is 18.2 Å². The maximum atomic E-state index is 15.1. The molecule has 0 saturated heterocycles. The molecule has 1 heterocycles. The highest BCUT2D eigenvalue weighted by molar-refractivity contribution is 6.61. The topological polar surface area (TPSA) is 78.9 Å². The van der Waals surface area contributed by atoms with Crippen molar-refractivity contribution in [3.05, 3.63) is 64.0 Å². The predicted octanol–water partition coefficient (Wildman–Crippen LogP) is 3.27. The fourth-order valence-electron chi connectivity index (χ4n) is 4.31. The lowest BCUT2D eigenvalue weighted by Crippen LogP contribution is -2.56. The Morgan fingerprint density at radius 1 is 1.22 bits per heavy atom. The van der Waals surface area contributed by atoms with Crippen molar-refractivity contribution < 1.29 is 23.7 Å². The fourth-order valence-corrected chi connectivity index (χ4v) is 4.31. The van der Waals surface area contributed by atoms with Crippen LogP contribution < -0.4 is 10.9 Å². The molecule has 3 rings (SSSR count). The van der Waals surface area contributed by atoms with E-state index in [1.807, 2.05) is 47.6 Å². The molecule has 8 heteroatoms. The number of amides is 2. The summed E-state index contributed by atoms with van der Waals surface area (Å²) in [7, 11) is -1.41. The van der Waals surface area contributed by atoms with E-state index in [-0.39, 0.29) is 35.0 Å². The molecule has 2 aromatic rings. The zero-order valence-electron chi connectivity index (χ0n) is 19.5. The van der Waals surface area contributed by atoms with Crippen LogP contribution in [0.3, 0.4) is 0 Å². The smallest absolute Gasteiger partial charge is 0.423 e. The van der Waals surface area contributed by atoms with Crippen molar-refractivity contribution in [2.45, 2.75) is 60.6 Å². The van der Waals surface area contributed by atoms with Crippen LogP contribution in [-0.4, -0.2) is 35.0 Å². The highest BCUT2D eigenvalue weighted by Gasteiger charge is 2.37. The third-order valence-electron chi connectivity index (χ3n) is 5.77. The number of nitrogens with one attached hydrogen (secondary N) is 1. The van der Waals surface area contributed by atoms with Gasteiger partial charge in [0.1, 0.15) is 5.82 Å². The summed E-state index contributed by atoms with van der Waals surface area (Å²) in [6.07, 6.45) is 0.583. The van der Waals surface area contributed by atoms with Crippen LogP contribution in [-0.2, 0) is 11.3 Å². The maximum absolute atomic E-state index is 15.1. The summed E-state index contributed by atoms with van der Waals surface area (Å²) in [5.41, 5.74) is 4.83. The summed E-state index contributed by atoms with van der Waals surface area (Å²) in [5, 5.41) is 11.2. The molecule has 2 N–H and O–H groups in total. The number of carbonyl (C=O) groups excluding carboxylic acids is 2. The van der Waals surface area contributed by atoms with E-state index in [2.05, 4.69) is 5.43 Å². The molecule has 0 unspecified atom stereocenters. The van der Waals surface area contributed by atoms with E-state index in [1.165, 1.54) is 11.1 Å². The van der Waals surface area contributed by atoms with E-state index in [0.717, 1.165) is 11.1 Å². The van der Waals surface area contributed by atoms with Crippen LogP contribution in [0.1, 0.15) is 71.5 Å². The highest BCUT2D eigenvalue weighted by Crippen LogP contribution is 2.28. The Hall–Kier alpha value is -2.71. The molecule has 0 aromatic heterocycles. The van der Waals surface area contributed by atoms with Gasteiger partial charge in [-0.2, -0.15) is 0 Å². The van der Waals surface area contributed by atoms with Crippen LogP contribution in [0.4, 0.5) is 4.39 Å². The largest absolute Gasteiger partial charge is 0.494 e. The molecule has 32 heavy (non-hydrogen) atoms. The number of hydrogen-bond acceptors (Lipinski definition) is 4. The summed E-state index contributed by atoms with van der Waals surface area (Å²) in [4.78, 5) is 26.7. The van der Waals surface area contributed by atoms with Gasteiger partial charge in [0.2, 0.25) is 0 Å². The number of rotatable bonds is 4. The van der Waals surface area contributed by atoms with Crippen molar-refractivity contribution in [1.82, 2.24) is 10.4 Å². The van der Waals surface area contributed by atoms with Gasteiger partial charge in [-0.3, -0.25) is 15.0 Å². The molecule has 0 radical (unpaired) electrons. The Labute approximate surface area is 188 Å². The summed E-state index contributed by atoms with van der Waals surface area (Å²) in [5.74, 6) is -1.96. The van der Waals surface area contributed by atoms with Crippen molar-refractivity contribution in [2.75, 3.05) is 0 Å². The van der Waals surface area contributed by atoms with Gasteiger partial charge in [0.15, 0.2) is 0 Å². The van der Waals surface area contributed by atoms with Crippen molar-refractivity contribution in [2.24, 2.45) is 5.41 Å². The van der Waals surface area contributed by atoms with Gasteiger partial charge >= 0.3 is 7.12 Å². The van der Waals surface area contributed by atoms with Gasteiger partial charge in [0, 0.05) is 11.0 Å². The summed E-state index contributed by atoms with van der Waals surface area (Å²) >= 11 is 0. The van der Waals surface area contributed by atoms with Gasteiger partial charge in [0.25, 0.3) is 11.8 Å². The van der Waals surface area contributed by atoms with Crippen LogP contribution in [0.15, 0.2) is 30.3 Å². The van der Waals surface area contributed by atoms with Gasteiger partial charge in [0.05, 0.1) is 18.2 Å². The average molecular weight is 440 g/mol. The zero-order chi connectivity index (χ0) is 23.8. The van der Waals surface area contributed by atoms with Gasteiger partial charge in [-0.15, -0.1) is 0 Å². The molecule has 0 saturated carbocycles. The monoisotopic (exact) mass is 440 g/mol. The van der Waals surface area contributed by atoms with Crippen LogP contribution in [0.5, 0.6) is 0 Å². The Balaban J connectivity index is 2.00. The van der Waals surface area contributed by atoms with Crippen LogP contribution in [0.25, 0.3) is 0 Å². The number of hydrazine groups is 1. The molecule has 0 fully saturated rings. The number of benzene rings is 2. The lowest BCUT2D eigenvalue weighted by Gasteiger charge is -2.39. The highest BCUT2D eigenvalue weighted by atomic mass is 19.1. The molecule has 170 valence electrons. The minimum Gasteiger partial charge on any atom is -0.423 e. The van der Waals surface area contributed by atoms with E-state index >= 15 is 4.39 Å². The first-order valence-electron chi connectivity index (χ1n) is 10.8. The Kier molecular flexibility index (Phi) is 6.76. The van der Waals surface area contributed by atoms with Gasteiger partial charge in [-0.25, -0.2) is 9.40 Å². The molecule has 0 bridgehead atoms. The quantitative estimate of drug-likeness (QED) is 0.565. The van der Waals surface area contributed by atoms with Crippen molar-refractivity contribution in [3.63, 3.8) is 0 Å². The van der Waals surface area contributed by atoms with E-state index in [9.17, 15) is 14.6 Å². The number of carbonyl (C=O) groups is 2. The normalized spacial score (nSPS) is 14.2. The molecular weight excluding hydrogens is 410 g/mol. The molecule has 1 aliphatic heterocycles. The molecular formula is C24H30BFN2O4. The van der Waals surface area contributed by atoms with Crippen LogP contribution >= 0.6 is 0 Å². The lowest BCUT2D eigenvalue weighted by molar-refractivity contribution is 0.0283. The van der Waals surface area contributed by atoms with E-state index in [4.69, 9.17) is 4.65 Å². The van der Waals surface area contributed by atoms with E-state index < -0.39 is 18.8 Å². The number of halogens is 1. The molecule has 0 spiro atoms. The molecule has 1 atom stereocenters. The second-order valence-electron chi connectivity index (χ2n) is 9.45. The first-order chi connectivity index (χ1) is 14.9. The maximum Gasteiger partial charge on any atom is 0.494 e. The Morgan fingerprint density at radius 3 is 2.41 bits per heavy atom. The predicted molar refractivity (Wildman–Crippen MR) is 122 cm³/mol. The molecule has 2 amide bonds. The number of nitrogens with zero attached hydrogens (tertiary/aromatic N) is 1. The summed E-state index contributed by atoms with van der Waals surface area (Å²) in [6, 6.07) is 8.07. The van der Waals surface area contributed by atoms with Crippen molar-refractivity contribution in [3.8, 4) is 0 Å². The number of aryl methyl sites for hydroxylation is 2. The molecule has 1 aliphatic rings. The second kappa shape index (κ2) is 9.04. The van der Waals surface area contributed by atoms with Gasteiger partial charge in [-0.05, 0) is 49.4 Å². The number of fused-ring (bicyclic) bond motifs is 1.